The Balaban J connectivity index is 2.14. The summed E-state index contributed by atoms with van der Waals surface area (Å²) in [6.45, 7) is 14.1. The van der Waals surface area contributed by atoms with Crippen LogP contribution in [0.1, 0.15) is 80.0 Å². The van der Waals surface area contributed by atoms with Crippen LogP contribution in [-0.4, -0.2) is 81.7 Å². The molecule has 0 spiro atoms. The van der Waals surface area contributed by atoms with E-state index >= 15 is 0 Å². The fourth-order valence-corrected chi connectivity index (χ4v) is 5.36. The molecule has 5 atom stereocenters. The van der Waals surface area contributed by atoms with E-state index in [9.17, 15) is 19.5 Å². The van der Waals surface area contributed by atoms with Crippen LogP contribution in [0.3, 0.4) is 0 Å². The molecule has 2 amide bonds. The predicted molar refractivity (Wildman–Crippen MR) is 148 cm³/mol. The van der Waals surface area contributed by atoms with Crippen LogP contribution >= 0.6 is 0 Å². The second kappa shape index (κ2) is 11.8. The maximum atomic E-state index is 13.7. The van der Waals surface area contributed by atoms with Crippen molar-refractivity contribution in [3.05, 3.63) is 47.5 Å². The number of ether oxygens (including phenoxy) is 4. The standard InChI is InChI=1S/C30H44N2O8/c1-19(2)17-21-15-16-30(25(34)37-9,32(21)27(36)40-29(6,7)8)23(33)22-18-38-24(20-13-11-10-12-14-20)31(22)26(35)39-28(3,4)5/h10-14,17,21-24,33H,15-16,18H2,1-9H3/t21-,22+,23+,24+,30-/m1/s1. The molecule has 1 N–H and O–H groups in total. The minimum Gasteiger partial charge on any atom is -0.467 e. The lowest BCUT2D eigenvalue weighted by molar-refractivity contribution is -0.164. The largest absolute Gasteiger partial charge is 0.467 e. The van der Waals surface area contributed by atoms with Crippen LogP contribution in [0.2, 0.25) is 0 Å². The van der Waals surface area contributed by atoms with Gasteiger partial charge >= 0.3 is 18.2 Å². The first-order valence-corrected chi connectivity index (χ1v) is 13.6. The van der Waals surface area contributed by atoms with Crippen molar-refractivity contribution >= 4 is 18.2 Å². The lowest BCUT2D eigenvalue weighted by atomic mass is 9.84. The molecular weight excluding hydrogens is 516 g/mol. The van der Waals surface area contributed by atoms with Gasteiger partial charge in [0.1, 0.15) is 17.3 Å². The molecule has 0 bridgehead atoms. The molecule has 1 aromatic rings. The van der Waals surface area contributed by atoms with Crippen LogP contribution in [-0.2, 0) is 23.7 Å². The molecule has 0 radical (unpaired) electrons. The Morgan fingerprint density at radius 2 is 1.60 bits per heavy atom. The molecule has 2 aliphatic heterocycles. The predicted octanol–water partition coefficient (Wildman–Crippen LogP) is 4.96. The van der Waals surface area contributed by atoms with Gasteiger partial charge in [-0.2, -0.15) is 0 Å². The number of carbonyl (C=O) groups excluding carboxylic acids is 3. The van der Waals surface area contributed by atoms with Crippen LogP contribution < -0.4 is 0 Å². The van der Waals surface area contributed by atoms with Gasteiger partial charge < -0.3 is 24.1 Å². The van der Waals surface area contributed by atoms with Crippen molar-refractivity contribution in [2.45, 2.75) is 109 Å². The molecule has 1 aromatic carbocycles. The second-order valence-electron chi connectivity index (χ2n) is 12.6. The summed E-state index contributed by atoms with van der Waals surface area (Å²) in [5.41, 5.74) is -1.95. The minimum absolute atomic E-state index is 0.0865. The number of hydrogen-bond acceptors (Lipinski definition) is 8. The zero-order valence-corrected chi connectivity index (χ0v) is 25.1. The molecule has 222 valence electrons. The van der Waals surface area contributed by atoms with Crippen molar-refractivity contribution in [2.75, 3.05) is 13.7 Å². The van der Waals surface area contributed by atoms with Gasteiger partial charge in [-0.3, -0.25) is 9.80 Å². The molecule has 2 aliphatic rings. The summed E-state index contributed by atoms with van der Waals surface area (Å²) in [5, 5.41) is 12.2. The maximum Gasteiger partial charge on any atom is 0.413 e. The van der Waals surface area contributed by atoms with Crippen molar-refractivity contribution < 1.29 is 38.4 Å². The zero-order chi connectivity index (χ0) is 30.0. The Morgan fingerprint density at radius 3 is 2.12 bits per heavy atom. The molecule has 0 saturated carbocycles. The molecule has 0 aromatic heterocycles. The maximum absolute atomic E-state index is 13.7. The molecule has 2 saturated heterocycles. The fraction of sp³-hybridized carbons (Fsp3) is 0.633. The third kappa shape index (κ3) is 6.61. The van der Waals surface area contributed by atoms with Crippen molar-refractivity contribution in [2.24, 2.45) is 0 Å². The highest BCUT2D eigenvalue weighted by Crippen LogP contribution is 2.44. The van der Waals surface area contributed by atoms with Gasteiger partial charge in [0.25, 0.3) is 0 Å². The molecule has 0 unspecified atom stereocenters. The van der Waals surface area contributed by atoms with E-state index in [1.165, 1.54) is 16.9 Å². The van der Waals surface area contributed by atoms with Crippen LogP contribution in [0.15, 0.2) is 42.0 Å². The van der Waals surface area contributed by atoms with Crippen molar-refractivity contribution in [3.8, 4) is 0 Å². The normalized spacial score (nSPS) is 25.8. The number of methoxy groups -OCH3 is 1. The van der Waals surface area contributed by atoms with Crippen molar-refractivity contribution in [1.29, 1.82) is 0 Å². The van der Waals surface area contributed by atoms with E-state index in [4.69, 9.17) is 18.9 Å². The number of benzene rings is 1. The Kier molecular flexibility index (Phi) is 9.26. The number of amides is 2. The second-order valence-corrected chi connectivity index (χ2v) is 12.6. The molecule has 0 aliphatic carbocycles. The number of hydrogen-bond donors (Lipinski definition) is 1. The fourth-order valence-electron chi connectivity index (χ4n) is 5.36. The summed E-state index contributed by atoms with van der Waals surface area (Å²) in [6, 6.07) is 7.49. The van der Waals surface area contributed by atoms with Gasteiger partial charge in [-0.15, -0.1) is 0 Å². The van der Waals surface area contributed by atoms with Gasteiger partial charge in [0, 0.05) is 5.56 Å². The number of carbonyl (C=O) groups is 3. The Hall–Kier alpha value is -3.11. The first kappa shape index (κ1) is 31.4. The Labute approximate surface area is 237 Å². The zero-order valence-electron chi connectivity index (χ0n) is 25.1. The number of aliphatic hydroxyl groups excluding tert-OH is 1. The molecule has 2 fully saturated rings. The number of nitrogens with zero attached hydrogens (tertiary/aromatic N) is 2. The van der Waals surface area contributed by atoms with E-state index in [2.05, 4.69) is 0 Å². The van der Waals surface area contributed by atoms with Crippen LogP contribution in [0, 0.1) is 0 Å². The lowest BCUT2D eigenvalue weighted by Gasteiger charge is -2.44. The van der Waals surface area contributed by atoms with E-state index in [0.29, 0.717) is 12.0 Å². The summed E-state index contributed by atoms with van der Waals surface area (Å²) in [6.07, 6.45) is -1.63. The Bertz CT molecular complexity index is 1100. The van der Waals surface area contributed by atoms with Gasteiger partial charge in [0.15, 0.2) is 11.8 Å². The number of allylic oxidation sites excluding steroid dienone is 1. The van der Waals surface area contributed by atoms with Crippen LogP contribution in [0.25, 0.3) is 0 Å². The summed E-state index contributed by atoms with van der Waals surface area (Å²) < 4.78 is 22.7. The molecule has 3 rings (SSSR count). The highest BCUT2D eigenvalue weighted by molar-refractivity contribution is 5.88. The molecule has 2 heterocycles. The SMILES string of the molecule is COC(=O)[C@]1([C@@H](O)[C@@H]2CO[C@@H](c3ccccc3)N2C(=O)OC(C)(C)C)CC[C@H](C=C(C)C)N1C(=O)OC(C)(C)C. The van der Waals surface area contributed by atoms with Gasteiger partial charge in [-0.05, 0) is 68.2 Å². The third-order valence-corrected chi connectivity index (χ3v) is 6.82. The van der Waals surface area contributed by atoms with Gasteiger partial charge in [-0.1, -0.05) is 42.0 Å². The topological polar surface area (TPSA) is 115 Å². The lowest BCUT2D eigenvalue weighted by Crippen LogP contribution is -2.67. The summed E-state index contributed by atoms with van der Waals surface area (Å²) in [5.74, 6) is -0.803. The van der Waals surface area contributed by atoms with Gasteiger partial charge in [0.05, 0.1) is 25.8 Å². The van der Waals surface area contributed by atoms with Crippen LogP contribution in [0.5, 0.6) is 0 Å². The molecule has 40 heavy (non-hydrogen) atoms. The molecule has 10 nitrogen and oxygen atoms in total. The van der Waals surface area contributed by atoms with E-state index in [-0.39, 0.29) is 13.0 Å². The van der Waals surface area contributed by atoms with Crippen LogP contribution in [0.4, 0.5) is 9.59 Å². The molecular formula is C30H44N2O8. The number of aliphatic hydroxyl groups is 1. The number of likely N-dealkylation sites (tertiary alicyclic amines) is 1. The Morgan fingerprint density at radius 1 is 1.02 bits per heavy atom. The number of rotatable bonds is 5. The van der Waals surface area contributed by atoms with E-state index in [1.807, 2.05) is 38.1 Å². The third-order valence-electron chi connectivity index (χ3n) is 6.82. The summed E-state index contributed by atoms with van der Waals surface area (Å²) in [4.78, 5) is 43.6. The van der Waals surface area contributed by atoms with E-state index < -0.39 is 59.3 Å². The molecule has 10 heteroatoms. The highest BCUT2D eigenvalue weighted by atomic mass is 16.6. The number of esters is 1. The smallest absolute Gasteiger partial charge is 0.413 e. The average Bonchev–Trinajstić information content (AvgIpc) is 3.44. The first-order valence-electron chi connectivity index (χ1n) is 13.6. The quantitative estimate of drug-likeness (QED) is 0.305. The summed E-state index contributed by atoms with van der Waals surface area (Å²) in [7, 11) is 1.21. The minimum atomic E-state index is -1.85. The first-order chi connectivity index (χ1) is 18.5. The summed E-state index contributed by atoms with van der Waals surface area (Å²) >= 11 is 0. The van der Waals surface area contributed by atoms with Gasteiger partial charge in [0.2, 0.25) is 0 Å². The van der Waals surface area contributed by atoms with Gasteiger partial charge in [-0.25, -0.2) is 14.4 Å². The average molecular weight is 561 g/mol. The monoisotopic (exact) mass is 560 g/mol. The van der Waals surface area contributed by atoms with E-state index in [0.717, 1.165) is 5.57 Å². The van der Waals surface area contributed by atoms with Crippen molar-refractivity contribution in [1.82, 2.24) is 9.80 Å². The highest BCUT2D eigenvalue weighted by Gasteiger charge is 2.64. The van der Waals surface area contributed by atoms with Crippen molar-refractivity contribution in [3.63, 3.8) is 0 Å². The van der Waals surface area contributed by atoms with E-state index in [1.54, 1.807) is 53.7 Å².